The molecule has 0 unspecified atom stereocenters. The number of esters is 1. The van der Waals surface area contributed by atoms with Gasteiger partial charge in [0.05, 0.1) is 0 Å². The Bertz CT molecular complexity index is 681. The van der Waals surface area contributed by atoms with E-state index < -0.39 is 0 Å². The second-order valence-electron chi connectivity index (χ2n) is 6.72. The zero-order valence-electron chi connectivity index (χ0n) is 14.2. The predicted octanol–water partition coefficient (Wildman–Crippen LogP) is 5.84. The molecular formula is C21H26O2. The average Bonchev–Trinajstić information content (AvgIpc) is 2.61. The third-order valence-electron chi connectivity index (χ3n) is 5.25. The van der Waals surface area contributed by atoms with Crippen LogP contribution in [0.2, 0.25) is 0 Å². The van der Waals surface area contributed by atoms with Gasteiger partial charge in [0.2, 0.25) is 0 Å². The number of carbonyl (C=O) groups excluding carboxylic acids is 1. The van der Waals surface area contributed by atoms with Crippen molar-refractivity contribution in [3.05, 3.63) is 42.0 Å². The molecule has 0 saturated heterocycles. The zero-order valence-corrected chi connectivity index (χ0v) is 14.2. The van der Waals surface area contributed by atoms with Gasteiger partial charge >= 0.3 is 5.97 Å². The Morgan fingerprint density at radius 2 is 1.70 bits per heavy atom. The summed E-state index contributed by atoms with van der Waals surface area (Å²) in [6, 6.07) is 12.7. The maximum absolute atomic E-state index is 11.4. The van der Waals surface area contributed by atoms with E-state index in [0.717, 1.165) is 11.3 Å². The van der Waals surface area contributed by atoms with Crippen molar-refractivity contribution in [1.82, 2.24) is 0 Å². The second-order valence-corrected chi connectivity index (χ2v) is 6.72. The molecule has 2 nitrogen and oxygen atoms in total. The van der Waals surface area contributed by atoms with Crippen LogP contribution < -0.4 is 4.74 Å². The van der Waals surface area contributed by atoms with Gasteiger partial charge in [0.25, 0.3) is 0 Å². The molecular weight excluding hydrogens is 284 g/mol. The summed E-state index contributed by atoms with van der Waals surface area (Å²) in [6.45, 7) is 4.12. The minimum Gasteiger partial charge on any atom is -0.427 e. The molecule has 3 rings (SSSR count). The van der Waals surface area contributed by atoms with Gasteiger partial charge in [0.15, 0.2) is 0 Å². The topological polar surface area (TPSA) is 26.3 Å². The quantitative estimate of drug-likeness (QED) is 0.524. The Kier molecular flexibility index (Phi) is 5.00. The van der Waals surface area contributed by atoms with Crippen LogP contribution in [0.5, 0.6) is 5.75 Å². The lowest BCUT2D eigenvalue weighted by Crippen LogP contribution is -2.12. The molecule has 23 heavy (non-hydrogen) atoms. The van der Waals surface area contributed by atoms with Crippen LogP contribution in [0.4, 0.5) is 0 Å². The molecule has 2 aromatic carbocycles. The third-order valence-corrected chi connectivity index (χ3v) is 5.25. The highest BCUT2D eigenvalue weighted by Gasteiger charge is 2.21. The highest BCUT2D eigenvalue weighted by molar-refractivity contribution is 5.85. The van der Waals surface area contributed by atoms with Gasteiger partial charge in [-0.15, -0.1) is 0 Å². The van der Waals surface area contributed by atoms with Gasteiger partial charge in [-0.2, -0.15) is 0 Å². The van der Waals surface area contributed by atoms with Crippen molar-refractivity contribution in [3.63, 3.8) is 0 Å². The largest absolute Gasteiger partial charge is 0.427 e. The molecule has 1 aliphatic rings. The van der Waals surface area contributed by atoms with Gasteiger partial charge in [0, 0.05) is 6.42 Å². The summed E-state index contributed by atoms with van der Waals surface area (Å²) in [5, 5.41) is 2.37. The summed E-state index contributed by atoms with van der Waals surface area (Å²) >= 11 is 0. The normalized spacial score (nSPS) is 21.3. The molecule has 1 aliphatic carbocycles. The monoisotopic (exact) mass is 310 g/mol. The Morgan fingerprint density at radius 1 is 1.00 bits per heavy atom. The first kappa shape index (κ1) is 16.0. The summed E-state index contributed by atoms with van der Waals surface area (Å²) in [5.41, 5.74) is 1.46. The number of hydrogen-bond donors (Lipinski definition) is 0. The van der Waals surface area contributed by atoms with Crippen molar-refractivity contribution < 1.29 is 9.53 Å². The summed E-state index contributed by atoms with van der Waals surface area (Å²) in [6.07, 6.45) is 7.09. The lowest BCUT2D eigenvalue weighted by atomic mass is 9.77. The van der Waals surface area contributed by atoms with Crippen molar-refractivity contribution in [2.24, 2.45) is 5.92 Å². The molecule has 0 heterocycles. The molecule has 0 bridgehead atoms. The van der Waals surface area contributed by atoms with E-state index in [1.165, 1.54) is 43.1 Å². The number of fused-ring (bicyclic) bond motifs is 1. The van der Waals surface area contributed by atoms with Crippen molar-refractivity contribution in [2.75, 3.05) is 0 Å². The number of hydrogen-bond acceptors (Lipinski definition) is 2. The van der Waals surface area contributed by atoms with E-state index in [0.29, 0.717) is 18.1 Å². The van der Waals surface area contributed by atoms with Gasteiger partial charge in [-0.25, -0.2) is 0 Å². The van der Waals surface area contributed by atoms with Gasteiger partial charge in [-0.3, -0.25) is 4.79 Å². The molecule has 2 aromatic rings. The average molecular weight is 310 g/mol. The number of carbonyl (C=O) groups is 1. The fourth-order valence-electron chi connectivity index (χ4n) is 3.67. The highest BCUT2D eigenvalue weighted by atomic mass is 16.5. The fourth-order valence-corrected chi connectivity index (χ4v) is 3.67. The predicted molar refractivity (Wildman–Crippen MR) is 94.9 cm³/mol. The highest BCUT2D eigenvalue weighted by Crippen LogP contribution is 2.38. The van der Waals surface area contributed by atoms with Crippen LogP contribution in [0.1, 0.15) is 63.9 Å². The van der Waals surface area contributed by atoms with Crippen molar-refractivity contribution in [3.8, 4) is 5.75 Å². The molecule has 0 aliphatic heterocycles. The van der Waals surface area contributed by atoms with E-state index >= 15 is 0 Å². The van der Waals surface area contributed by atoms with Gasteiger partial charge < -0.3 is 4.74 Å². The summed E-state index contributed by atoms with van der Waals surface area (Å²) < 4.78 is 5.30. The molecule has 2 heteroatoms. The zero-order chi connectivity index (χ0) is 16.2. The molecule has 0 spiro atoms. The molecule has 0 N–H and O–H groups in total. The minimum atomic E-state index is -0.186. The van der Waals surface area contributed by atoms with Gasteiger partial charge in [-0.05, 0) is 66.0 Å². The third kappa shape index (κ3) is 3.74. The molecule has 1 saturated carbocycles. The first-order valence-electron chi connectivity index (χ1n) is 8.94. The van der Waals surface area contributed by atoms with Crippen LogP contribution in [-0.2, 0) is 4.79 Å². The van der Waals surface area contributed by atoms with Crippen LogP contribution in [0.15, 0.2) is 36.4 Å². The molecule has 0 radical (unpaired) electrons. The standard InChI is InChI=1S/C21H26O2/c1-3-15-5-7-16(8-6-15)17-9-10-19-14-20(23-21(22)4-2)12-11-18(19)13-17/h9-16H,3-8H2,1-2H3/t15-,16-. The molecule has 0 atom stereocenters. The minimum absolute atomic E-state index is 0.186. The maximum atomic E-state index is 11.4. The van der Waals surface area contributed by atoms with Crippen LogP contribution in [0.25, 0.3) is 10.8 Å². The Morgan fingerprint density at radius 3 is 2.39 bits per heavy atom. The number of rotatable bonds is 4. The van der Waals surface area contributed by atoms with Crippen LogP contribution in [0.3, 0.4) is 0 Å². The number of benzene rings is 2. The molecule has 1 fully saturated rings. The van der Waals surface area contributed by atoms with E-state index in [2.05, 4.69) is 31.2 Å². The van der Waals surface area contributed by atoms with E-state index in [-0.39, 0.29) is 5.97 Å². The Balaban J connectivity index is 1.77. The molecule has 0 aromatic heterocycles. The fraction of sp³-hybridized carbons (Fsp3) is 0.476. The van der Waals surface area contributed by atoms with Crippen LogP contribution in [-0.4, -0.2) is 5.97 Å². The van der Waals surface area contributed by atoms with Gasteiger partial charge in [0.1, 0.15) is 5.75 Å². The van der Waals surface area contributed by atoms with Gasteiger partial charge in [-0.1, -0.05) is 44.5 Å². The van der Waals surface area contributed by atoms with Crippen molar-refractivity contribution in [1.29, 1.82) is 0 Å². The second kappa shape index (κ2) is 7.16. The molecule has 122 valence electrons. The van der Waals surface area contributed by atoms with Crippen LogP contribution >= 0.6 is 0 Å². The van der Waals surface area contributed by atoms with E-state index in [4.69, 9.17) is 4.74 Å². The van der Waals surface area contributed by atoms with E-state index in [1.807, 2.05) is 19.1 Å². The first-order chi connectivity index (χ1) is 11.2. The van der Waals surface area contributed by atoms with Crippen molar-refractivity contribution >= 4 is 16.7 Å². The Hall–Kier alpha value is -1.83. The summed E-state index contributed by atoms with van der Waals surface area (Å²) in [4.78, 5) is 11.4. The van der Waals surface area contributed by atoms with E-state index in [9.17, 15) is 4.79 Å². The summed E-state index contributed by atoms with van der Waals surface area (Å²) in [7, 11) is 0. The smallest absolute Gasteiger partial charge is 0.310 e. The lowest BCUT2D eigenvalue weighted by Gasteiger charge is -2.28. The first-order valence-corrected chi connectivity index (χ1v) is 8.94. The van der Waals surface area contributed by atoms with Crippen LogP contribution in [0, 0.1) is 5.92 Å². The van der Waals surface area contributed by atoms with E-state index in [1.54, 1.807) is 0 Å². The summed E-state index contributed by atoms with van der Waals surface area (Å²) in [5.74, 6) is 2.09. The molecule has 0 amide bonds. The van der Waals surface area contributed by atoms with Crippen molar-refractivity contribution in [2.45, 2.75) is 58.3 Å². The maximum Gasteiger partial charge on any atom is 0.310 e. The Labute approximate surface area is 138 Å². The lowest BCUT2D eigenvalue weighted by molar-refractivity contribution is -0.134. The number of ether oxygens (including phenoxy) is 1. The SMILES string of the molecule is CCC(=O)Oc1ccc2cc([C@H]3CC[C@H](CC)CC3)ccc2c1.